The largest absolute Gasteiger partial charge is 0.481 e. The topological polar surface area (TPSA) is 49.3 Å². The second-order valence-electron chi connectivity index (χ2n) is 4.91. The van der Waals surface area contributed by atoms with Gasteiger partial charge in [-0.3, -0.25) is 4.79 Å². The van der Waals surface area contributed by atoms with Crippen LogP contribution in [0.3, 0.4) is 0 Å². The van der Waals surface area contributed by atoms with Crippen LogP contribution in [-0.4, -0.2) is 23.7 Å². The molecule has 3 heteroatoms. The van der Waals surface area contributed by atoms with Crippen LogP contribution in [0.5, 0.6) is 0 Å². The molecule has 3 nitrogen and oxygen atoms in total. The average Bonchev–Trinajstić information content (AvgIpc) is 2.58. The van der Waals surface area contributed by atoms with Crippen molar-refractivity contribution < 1.29 is 9.90 Å². The first kappa shape index (κ1) is 12.5. The van der Waals surface area contributed by atoms with Gasteiger partial charge in [-0.05, 0) is 38.1 Å². The van der Waals surface area contributed by atoms with E-state index in [1.165, 1.54) is 19.3 Å². The molecule has 88 valence electrons. The third-order valence-electron chi connectivity index (χ3n) is 3.56. The molecule has 0 aromatic heterocycles. The standard InChI is InChI=1S/C12H23NO2/c1-9-4-3-5-11(9)8-13-10(2)6-7-12(14)15/h9-11,13H,3-8H2,1-2H3,(H,14,15). The van der Waals surface area contributed by atoms with E-state index in [4.69, 9.17) is 5.11 Å². The van der Waals surface area contributed by atoms with Gasteiger partial charge in [0.25, 0.3) is 0 Å². The lowest BCUT2D eigenvalue weighted by Crippen LogP contribution is -2.32. The number of hydrogen-bond acceptors (Lipinski definition) is 2. The molecule has 1 rings (SSSR count). The van der Waals surface area contributed by atoms with Crippen LogP contribution in [0.1, 0.15) is 46.0 Å². The molecular weight excluding hydrogens is 190 g/mol. The predicted octanol–water partition coefficient (Wildman–Crippen LogP) is 2.27. The Kier molecular flexibility index (Phi) is 5.09. The Bertz CT molecular complexity index is 206. The van der Waals surface area contributed by atoms with Crippen LogP contribution in [-0.2, 0) is 4.79 Å². The van der Waals surface area contributed by atoms with Crippen molar-refractivity contribution in [2.45, 2.75) is 52.0 Å². The number of aliphatic carboxylic acids is 1. The van der Waals surface area contributed by atoms with Crippen molar-refractivity contribution in [1.82, 2.24) is 5.32 Å². The highest BCUT2D eigenvalue weighted by molar-refractivity contribution is 5.66. The second-order valence-corrected chi connectivity index (χ2v) is 4.91. The number of carbonyl (C=O) groups is 1. The monoisotopic (exact) mass is 213 g/mol. The first-order valence-corrected chi connectivity index (χ1v) is 6.04. The molecule has 1 aliphatic rings. The summed E-state index contributed by atoms with van der Waals surface area (Å²) in [7, 11) is 0. The van der Waals surface area contributed by atoms with Gasteiger partial charge in [0.05, 0.1) is 0 Å². The highest BCUT2D eigenvalue weighted by Gasteiger charge is 2.23. The van der Waals surface area contributed by atoms with Crippen LogP contribution in [0, 0.1) is 11.8 Å². The third kappa shape index (κ3) is 4.65. The Morgan fingerprint density at radius 1 is 1.53 bits per heavy atom. The van der Waals surface area contributed by atoms with E-state index >= 15 is 0 Å². The average molecular weight is 213 g/mol. The molecule has 0 saturated heterocycles. The maximum atomic E-state index is 10.4. The van der Waals surface area contributed by atoms with Crippen molar-refractivity contribution in [3.63, 3.8) is 0 Å². The lowest BCUT2D eigenvalue weighted by Gasteiger charge is -2.19. The number of nitrogens with one attached hydrogen (secondary N) is 1. The summed E-state index contributed by atoms with van der Waals surface area (Å²) in [5, 5.41) is 12.0. The molecule has 3 unspecified atom stereocenters. The number of hydrogen-bond donors (Lipinski definition) is 2. The van der Waals surface area contributed by atoms with Gasteiger partial charge in [-0.2, -0.15) is 0 Å². The molecule has 0 aromatic rings. The number of carboxylic acid groups (broad SMARTS) is 1. The highest BCUT2D eigenvalue weighted by atomic mass is 16.4. The van der Waals surface area contributed by atoms with Gasteiger partial charge in [-0.25, -0.2) is 0 Å². The number of carboxylic acids is 1. The molecule has 2 N–H and O–H groups in total. The van der Waals surface area contributed by atoms with E-state index in [1.54, 1.807) is 0 Å². The van der Waals surface area contributed by atoms with Crippen LogP contribution in [0.25, 0.3) is 0 Å². The molecule has 0 bridgehead atoms. The summed E-state index contributed by atoms with van der Waals surface area (Å²) in [6.07, 6.45) is 5.05. The Hall–Kier alpha value is -0.570. The quantitative estimate of drug-likeness (QED) is 0.711. The summed E-state index contributed by atoms with van der Waals surface area (Å²) >= 11 is 0. The van der Waals surface area contributed by atoms with Crippen LogP contribution in [0.2, 0.25) is 0 Å². The van der Waals surface area contributed by atoms with Gasteiger partial charge in [-0.15, -0.1) is 0 Å². The molecule has 1 aliphatic carbocycles. The normalized spacial score (nSPS) is 27.9. The van der Waals surface area contributed by atoms with Crippen molar-refractivity contribution in [2.24, 2.45) is 11.8 Å². The summed E-state index contributed by atoms with van der Waals surface area (Å²) in [4.78, 5) is 10.4. The minimum Gasteiger partial charge on any atom is -0.481 e. The van der Waals surface area contributed by atoms with Crippen molar-refractivity contribution in [3.8, 4) is 0 Å². The van der Waals surface area contributed by atoms with Gasteiger partial charge in [0.2, 0.25) is 0 Å². The summed E-state index contributed by atoms with van der Waals surface area (Å²) in [6, 6.07) is 0.328. The van der Waals surface area contributed by atoms with E-state index in [-0.39, 0.29) is 6.42 Å². The Morgan fingerprint density at radius 2 is 2.27 bits per heavy atom. The van der Waals surface area contributed by atoms with E-state index in [9.17, 15) is 4.79 Å². The van der Waals surface area contributed by atoms with Crippen LogP contribution >= 0.6 is 0 Å². The lowest BCUT2D eigenvalue weighted by atomic mass is 9.98. The van der Waals surface area contributed by atoms with Gasteiger partial charge in [-0.1, -0.05) is 19.8 Å². The zero-order valence-corrected chi connectivity index (χ0v) is 9.83. The van der Waals surface area contributed by atoms with E-state index in [1.807, 2.05) is 0 Å². The number of rotatable bonds is 6. The molecule has 0 aromatic carbocycles. The summed E-state index contributed by atoms with van der Waals surface area (Å²) < 4.78 is 0. The van der Waals surface area contributed by atoms with Gasteiger partial charge in [0.1, 0.15) is 0 Å². The van der Waals surface area contributed by atoms with Gasteiger partial charge < -0.3 is 10.4 Å². The molecular formula is C12H23NO2. The Balaban J connectivity index is 2.10. The Morgan fingerprint density at radius 3 is 2.80 bits per heavy atom. The summed E-state index contributed by atoms with van der Waals surface area (Å²) in [6.45, 7) is 5.45. The van der Waals surface area contributed by atoms with Crippen LogP contribution < -0.4 is 5.32 Å². The molecule has 0 amide bonds. The highest BCUT2D eigenvalue weighted by Crippen LogP contribution is 2.30. The van der Waals surface area contributed by atoms with Gasteiger partial charge in [0, 0.05) is 12.5 Å². The molecule has 1 saturated carbocycles. The fourth-order valence-electron chi connectivity index (χ4n) is 2.32. The first-order valence-electron chi connectivity index (χ1n) is 6.04. The predicted molar refractivity (Wildman–Crippen MR) is 60.8 cm³/mol. The minimum absolute atomic E-state index is 0.272. The molecule has 0 heterocycles. The molecule has 0 radical (unpaired) electrons. The van der Waals surface area contributed by atoms with Crippen LogP contribution in [0.15, 0.2) is 0 Å². The zero-order valence-electron chi connectivity index (χ0n) is 9.83. The maximum Gasteiger partial charge on any atom is 0.303 e. The SMILES string of the molecule is CC(CCC(=O)O)NCC1CCCC1C. The van der Waals surface area contributed by atoms with Crippen molar-refractivity contribution in [3.05, 3.63) is 0 Å². The van der Waals surface area contributed by atoms with Crippen molar-refractivity contribution >= 4 is 5.97 Å². The smallest absolute Gasteiger partial charge is 0.303 e. The lowest BCUT2D eigenvalue weighted by molar-refractivity contribution is -0.137. The fraction of sp³-hybridized carbons (Fsp3) is 0.917. The summed E-state index contributed by atoms with van der Waals surface area (Å²) in [5.41, 5.74) is 0. The van der Waals surface area contributed by atoms with Crippen LogP contribution in [0.4, 0.5) is 0 Å². The van der Waals surface area contributed by atoms with E-state index < -0.39 is 5.97 Å². The molecule has 1 fully saturated rings. The van der Waals surface area contributed by atoms with Gasteiger partial charge in [0.15, 0.2) is 0 Å². The van der Waals surface area contributed by atoms with Gasteiger partial charge >= 0.3 is 5.97 Å². The molecule has 0 aliphatic heterocycles. The molecule has 0 spiro atoms. The Labute approximate surface area is 92.3 Å². The molecule has 15 heavy (non-hydrogen) atoms. The maximum absolute atomic E-state index is 10.4. The van der Waals surface area contributed by atoms with Crippen molar-refractivity contribution in [1.29, 1.82) is 0 Å². The molecule has 3 atom stereocenters. The summed E-state index contributed by atoms with van der Waals surface area (Å²) in [5.74, 6) is 0.944. The third-order valence-corrected chi connectivity index (χ3v) is 3.56. The first-order chi connectivity index (χ1) is 7.09. The second kappa shape index (κ2) is 6.11. The zero-order chi connectivity index (χ0) is 11.3. The minimum atomic E-state index is -0.696. The van der Waals surface area contributed by atoms with E-state index in [0.717, 1.165) is 24.8 Å². The van der Waals surface area contributed by atoms with E-state index in [0.29, 0.717) is 6.04 Å². The van der Waals surface area contributed by atoms with Crippen molar-refractivity contribution in [2.75, 3.05) is 6.54 Å². The fourth-order valence-corrected chi connectivity index (χ4v) is 2.32. The van der Waals surface area contributed by atoms with E-state index in [2.05, 4.69) is 19.2 Å².